The average Bonchev–Trinajstić information content (AvgIpc) is 3.14. The van der Waals surface area contributed by atoms with Crippen LogP contribution < -0.4 is 5.32 Å². The van der Waals surface area contributed by atoms with Crippen LogP contribution in [0.2, 0.25) is 0 Å². The first-order chi connectivity index (χ1) is 14.3. The molecular formula is C22H28F3N3O3. The van der Waals surface area contributed by atoms with Gasteiger partial charge in [0.15, 0.2) is 0 Å². The second kappa shape index (κ2) is 7.10. The number of fused-ring (bicyclic) bond motifs is 2. The first kappa shape index (κ1) is 21.9. The number of carbonyl (C=O) groups excluding carboxylic acids is 2. The molecule has 6 nitrogen and oxygen atoms in total. The zero-order valence-corrected chi connectivity index (χ0v) is 18.2. The summed E-state index contributed by atoms with van der Waals surface area (Å²) in [4.78, 5) is 31.4. The van der Waals surface area contributed by atoms with Crippen LogP contribution in [0.15, 0.2) is 12.3 Å². The smallest absolute Gasteiger partial charge is 0.417 e. The van der Waals surface area contributed by atoms with E-state index < -0.39 is 28.8 Å². The molecule has 2 fully saturated rings. The van der Waals surface area contributed by atoms with E-state index in [-0.39, 0.29) is 30.5 Å². The van der Waals surface area contributed by atoms with Crippen LogP contribution in [0.3, 0.4) is 0 Å². The highest BCUT2D eigenvalue weighted by atomic mass is 19.4. The van der Waals surface area contributed by atoms with E-state index in [9.17, 15) is 22.8 Å². The molecule has 1 saturated heterocycles. The standard InChI is InChI=1S/C22H28F3N3O3/c1-12-17-8-16-13(7-14(10-26-16)22(23,24)25)11-28(17)18(29)21(12)6-5-15(9-21)27-19(30)31-20(2,3)4/h7,10,12,15,17H,5-6,8-9,11H2,1-4H3,(H,27,30)/t12?,15-,17?,21+/m1/s1. The van der Waals surface area contributed by atoms with Crippen molar-refractivity contribution in [1.29, 1.82) is 0 Å². The summed E-state index contributed by atoms with van der Waals surface area (Å²) in [5, 5.41) is 2.88. The molecule has 170 valence electrons. The molecule has 0 radical (unpaired) electrons. The lowest BCUT2D eigenvalue weighted by molar-refractivity contribution is -0.138. The van der Waals surface area contributed by atoms with Gasteiger partial charge in [0.2, 0.25) is 5.91 Å². The van der Waals surface area contributed by atoms with Gasteiger partial charge in [-0.3, -0.25) is 9.78 Å². The van der Waals surface area contributed by atoms with E-state index in [4.69, 9.17) is 4.74 Å². The summed E-state index contributed by atoms with van der Waals surface area (Å²) in [7, 11) is 0. The molecule has 1 spiro atoms. The Morgan fingerprint density at radius 2 is 2.03 bits per heavy atom. The largest absolute Gasteiger partial charge is 0.444 e. The highest BCUT2D eigenvalue weighted by Crippen LogP contribution is 2.54. The van der Waals surface area contributed by atoms with Crippen molar-refractivity contribution in [2.75, 3.05) is 0 Å². The molecule has 1 aromatic heterocycles. The SMILES string of the molecule is CC1C2Cc3ncc(C(F)(F)F)cc3CN2C(=O)[C@]12CC[C@@H](NC(=O)OC(C)(C)C)C2. The zero-order chi connectivity index (χ0) is 22.8. The molecule has 0 aromatic carbocycles. The number of rotatable bonds is 1. The number of nitrogens with one attached hydrogen (secondary N) is 1. The third-order valence-corrected chi connectivity index (χ3v) is 6.94. The van der Waals surface area contributed by atoms with E-state index in [1.165, 1.54) is 0 Å². The second-order valence-corrected chi connectivity index (χ2v) is 10.1. The Morgan fingerprint density at radius 3 is 2.68 bits per heavy atom. The molecule has 0 bridgehead atoms. The molecule has 1 aliphatic carbocycles. The monoisotopic (exact) mass is 439 g/mol. The van der Waals surface area contributed by atoms with Crippen LogP contribution in [0, 0.1) is 11.3 Å². The number of alkyl halides is 3. The first-order valence-corrected chi connectivity index (χ1v) is 10.7. The minimum Gasteiger partial charge on any atom is -0.444 e. The molecule has 1 aromatic rings. The lowest BCUT2D eigenvalue weighted by atomic mass is 9.73. The molecule has 4 atom stereocenters. The van der Waals surface area contributed by atoms with Crippen molar-refractivity contribution in [1.82, 2.24) is 15.2 Å². The number of hydrogen-bond donors (Lipinski definition) is 1. The molecule has 3 aliphatic rings. The topological polar surface area (TPSA) is 71.5 Å². The highest BCUT2D eigenvalue weighted by Gasteiger charge is 2.60. The molecule has 2 aliphatic heterocycles. The highest BCUT2D eigenvalue weighted by molar-refractivity contribution is 5.87. The predicted molar refractivity (Wildman–Crippen MR) is 106 cm³/mol. The summed E-state index contributed by atoms with van der Waals surface area (Å²) >= 11 is 0. The van der Waals surface area contributed by atoms with Crippen LogP contribution in [-0.4, -0.2) is 39.6 Å². The van der Waals surface area contributed by atoms with E-state index in [0.29, 0.717) is 36.9 Å². The lowest BCUT2D eigenvalue weighted by Crippen LogP contribution is -2.41. The molecule has 9 heteroatoms. The number of alkyl carbamates (subject to hydrolysis) is 1. The maximum Gasteiger partial charge on any atom is 0.417 e. The molecular weight excluding hydrogens is 411 g/mol. The Morgan fingerprint density at radius 1 is 1.32 bits per heavy atom. The van der Waals surface area contributed by atoms with Crippen molar-refractivity contribution in [3.8, 4) is 0 Å². The number of ether oxygens (including phenoxy) is 1. The molecule has 2 amide bonds. The van der Waals surface area contributed by atoms with Gasteiger partial charge < -0.3 is 15.0 Å². The van der Waals surface area contributed by atoms with Gasteiger partial charge >= 0.3 is 12.3 Å². The number of hydrogen-bond acceptors (Lipinski definition) is 4. The van der Waals surface area contributed by atoms with Crippen molar-refractivity contribution < 1.29 is 27.5 Å². The lowest BCUT2D eigenvalue weighted by Gasteiger charge is -2.33. The normalized spacial score (nSPS) is 30.4. The Labute approximate surface area is 179 Å². The van der Waals surface area contributed by atoms with Gasteiger partial charge in [0, 0.05) is 36.9 Å². The van der Waals surface area contributed by atoms with Gasteiger partial charge in [-0.1, -0.05) is 6.92 Å². The van der Waals surface area contributed by atoms with Gasteiger partial charge in [0.1, 0.15) is 5.60 Å². The van der Waals surface area contributed by atoms with E-state index in [0.717, 1.165) is 12.3 Å². The van der Waals surface area contributed by atoms with Crippen molar-refractivity contribution in [3.63, 3.8) is 0 Å². The van der Waals surface area contributed by atoms with Crippen LogP contribution in [0.1, 0.15) is 63.8 Å². The summed E-state index contributed by atoms with van der Waals surface area (Å²) in [6.45, 7) is 7.55. The number of amides is 2. The van der Waals surface area contributed by atoms with Crippen molar-refractivity contribution in [3.05, 3.63) is 29.1 Å². The van der Waals surface area contributed by atoms with Crippen LogP contribution in [-0.2, 0) is 28.7 Å². The number of nitrogens with zero attached hydrogens (tertiary/aromatic N) is 2. The van der Waals surface area contributed by atoms with E-state index in [2.05, 4.69) is 10.3 Å². The summed E-state index contributed by atoms with van der Waals surface area (Å²) in [6.07, 6.45) is -1.82. The van der Waals surface area contributed by atoms with E-state index >= 15 is 0 Å². The van der Waals surface area contributed by atoms with Crippen molar-refractivity contribution in [2.24, 2.45) is 11.3 Å². The fourth-order valence-corrected chi connectivity index (χ4v) is 5.42. The van der Waals surface area contributed by atoms with Crippen molar-refractivity contribution >= 4 is 12.0 Å². The summed E-state index contributed by atoms with van der Waals surface area (Å²) < 4.78 is 44.6. The molecule has 4 rings (SSSR count). The summed E-state index contributed by atoms with van der Waals surface area (Å²) in [5.74, 6) is -0.00997. The van der Waals surface area contributed by atoms with Crippen molar-refractivity contribution in [2.45, 2.75) is 83.8 Å². The molecule has 1 saturated carbocycles. The summed E-state index contributed by atoms with van der Waals surface area (Å²) in [6, 6.07) is 0.854. The molecule has 3 heterocycles. The minimum atomic E-state index is -4.46. The fourth-order valence-electron chi connectivity index (χ4n) is 5.42. The van der Waals surface area contributed by atoms with Crippen LogP contribution in [0.4, 0.5) is 18.0 Å². The van der Waals surface area contributed by atoms with Gasteiger partial charge in [0.25, 0.3) is 0 Å². The van der Waals surface area contributed by atoms with Gasteiger partial charge in [0.05, 0.1) is 11.0 Å². The molecule has 31 heavy (non-hydrogen) atoms. The van der Waals surface area contributed by atoms with Gasteiger partial charge in [-0.15, -0.1) is 0 Å². The third kappa shape index (κ3) is 3.87. The first-order valence-electron chi connectivity index (χ1n) is 10.7. The van der Waals surface area contributed by atoms with E-state index in [1.54, 1.807) is 25.7 Å². The van der Waals surface area contributed by atoms with Gasteiger partial charge in [-0.05, 0) is 57.6 Å². The number of aromatic nitrogens is 1. The Kier molecular flexibility index (Phi) is 5.01. The molecule has 2 unspecified atom stereocenters. The fraction of sp³-hybridized carbons (Fsp3) is 0.682. The Balaban J connectivity index is 1.51. The zero-order valence-electron chi connectivity index (χ0n) is 18.2. The average molecular weight is 439 g/mol. The maximum absolute atomic E-state index is 13.5. The van der Waals surface area contributed by atoms with Crippen LogP contribution in [0.5, 0.6) is 0 Å². The number of carbonyl (C=O) groups is 2. The number of pyridine rings is 1. The Bertz CT molecular complexity index is 911. The van der Waals surface area contributed by atoms with Gasteiger partial charge in [-0.2, -0.15) is 13.2 Å². The quantitative estimate of drug-likeness (QED) is 0.716. The minimum absolute atomic E-state index is 0.0164. The second-order valence-electron chi connectivity index (χ2n) is 10.1. The number of halogens is 3. The molecule has 1 N–H and O–H groups in total. The van der Waals surface area contributed by atoms with Gasteiger partial charge in [-0.25, -0.2) is 4.79 Å². The third-order valence-electron chi connectivity index (χ3n) is 6.94. The maximum atomic E-state index is 13.5. The van der Waals surface area contributed by atoms with Crippen LogP contribution >= 0.6 is 0 Å². The van der Waals surface area contributed by atoms with E-state index in [1.807, 2.05) is 6.92 Å². The van der Waals surface area contributed by atoms with Crippen LogP contribution in [0.25, 0.3) is 0 Å². The Hall–Kier alpha value is -2.32. The summed E-state index contributed by atoms with van der Waals surface area (Å²) in [5.41, 5.74) is -0.913. The predicted octanol–water partition coefficient (Wildman–Crippen LogP) is 4.07.